The first-order valence-corrected chi connectivity index (χ1v) is 6.52. The Morgan fingerprint density at radius 3 is 2.58 bits per heavy atom. The van der Waals surface area contributed by atoms with Gasteiger partial charge in [-0.1, -0.05) is 6.92 Å². The Balaban J connectivity index is 2.66. The highest BCUT2D eigenvalue weighted by molar-refractivity contribution is 5.38. The van der Waals surface area contributed by atoms with Crippen LogP contribution in [0.25, 0.3) is 0 Å². The molecule has 0 saturated carbocycles. The lowest BCUT2D eigenvalue weighted by Gasteiger charge is -2.10. The van der Waals surface area contributed by atoms with Gasteiger partial charge in [-0.3, -0.25) is 0 Å². The molecule has 0 aliphatic rings. The lowest BCUT2D eigenvalue weighted by atomic mass is 10.3. The van der Waals surface area contributed by atoms with Gasteiger partial charge >= 0.3 is 0 Å². The van der Waals surface area contributed by atoms with E-state index < -0.39 is 0 Å². The number of anilines is 1. The highest BCUT2D eigenvalue weighted by Gasteiger charge is 2.05. The molecule has 1 N–H and O–H groups in total. The minimum atomic E-state index is 0.483. The molecule has 6 heteroatoms. The molecule has 0 amide bonds. The first kappa shape index (κ1) is 15.7. The predicted octanol–water partition coefficient (Wildman–Crippen LogP) is 1.51. The monoisotopic (exact) mass is 269 g/mol. The Bertz CT molecular complexity index is 333. The number of methoxy groups -OCH3 is 2. The maximum atomic E-state index is 5.53. The van der Waals surface area contributed by atoms with Gasteiger partial charge in [0.15, 0.2) is 0 Å². The summed E-state index contributed by atoms with van der Waals surface area (Å²) >= 11 is 0. The minimum absolute atomic E-state index is 0.483. The molecule has 0 bridgehead atoms. The Kier molecular flexibility index (Phi) is 7.84. The van der Waals surface area contributed by atoms with Gasteiger partial charge in [0, 0.05) is 33.3 Å². The van der Waals surface area contributed by atoms with Crippen LogP contribution in [0, 0.1) is 0 Å². The van der Waals surface area contributed by atoms with Crippen molar-refractivity contribution in [3.8, 4) is 5.88 Å². The molecule has 0 atom stereocenters. The van der Waals surface area contributed by atoms with Crippen molar-refractivity contribution in [2.24, 2.45) is 0 Å². The van der Waals surface area contributed by atoms with Gasteiger partial charge in [-0.05, 0) is 6.42 Å². The number of ether oxygens (including phenoxy) is 3. The van der Waals surface area contributed by atoms with Gasteiger partial charge in [0.2, 0.25) is 5.88 Å². The summed E-state index contributed by atoms with van der Waals surface area (Å²) in [7, 11) is 3.31. The second kappa shape index (κ2) is 9.52. The maximum absolute atomic E-state index is 5.53. The van der Waals surface area contributed by atoms with Crippen molar-refractivity contribution in [1.29, 1.82) is 0 Å². The molecule has 19 heavy (non-hydrogen) atoms. The van der Waals surface area contributed by atoms with Crippen LogP contribution >= 0.6 is 0 Å². The molecule has 0 radical (unpaired) electrons. The lowest BCUT2D eigenvalue weighted by Crippen LogP contribution is -2.12. The second-order valence-electron chi connectivity index (χ2n) is 4.02. The third-order valence-electron chi connectivity index (χ3n) is 2.37. The van der Waals surface area contributed by atoms with Gasteiger partial charge in [0.25, 0.3) is 0 Å². The van der Waals surface area contributed by atoms with Crippen LogP contribution in [-0.2, 0) is 15.9 Å². The SMILES string of the molecule is CCCc1nc(NCCOC)cc(OCCOC)n1. The van der Waals surface area contributed by atoms with E-state index in [9.17, 15) is 0 Å². The topological polar surface area (TPSA) is 65.5 Å². The molecular weight excluding hydrogens is 246 g/mol. The van der Waals surface area contributed by atoms with Crippen LogP contribution in [0.1, 0.15) is 19.2 Å². The van der Waals surface area contributed by atoms with Crippen molar-refractivity contribution in [3.63, 3.8) is 0 Å². The molecular formula is C13H23N3O3. The lowest BCUT2D eigenvalue weighted by molar-refractivity contribution is 0.143. The molecule has 1 heterocycles. The van der Waals surface area contributed by atoms with Crippen molar-refractivity contribution >= 4 is 5.82 Å². The van der Waals surface area contributed by atoms with Gasteiger partial charge in [0.1, 0.15) is 18.2 Å². The van der Waals surface area contributed by atoms with Crippen LogP contribution in [0.4, 0.5) is 5.82 Å². The highest BCUT2D eigenvalue weighted by atomic mass is 16.5. The molecule has 0 aliphatic heterocycles. The first-order valence-electron chi connectivity index (χ1n) is 6.52. The smallest absolute Gasteiger partial charge is 0.218 e. The van der Waals surface area contributed by atoms with E-state index in [2.05, 4.69) is 22.2 Å². The molecule has 0 spiro atoms. The van der Waals surface area contributed by atoms with Crippen molar-refractivity contribution in [1.82, 2.24) is 9.97 Å². The average molecular weight is 269 g/mol. The Morgan fingerprint density at radius 2 is 1.89 bits per heavy atom. The van der Waals surface area contributed by atoms with Crippen LogP contribution in [-0.4, -0.2) is 50.6 Å². The second-order valence-corrected chi connectivity index (χ2v) is 4.02. The summed E-state index contributed by atoms with van der Waals surface area (Å²) in [6, 6.07) is 1.80. The van der Waals surface area contributed by atoms with E-state index in [1.54, 1.807) is 20.3 Å². The van der Waals surface area contributed by atoms with Crippen LogP contribution < -0.4 is 10.1 Å². The summed E-state index contributed by atoms with van der Waals surface area (Å²) in [5, 5.41) is 3.19. The maximum Gasteiger partial charge on any atom is 0.218 e. The summed E-state index contributed by atoms with van der Waals surface area (Å²) in [4.78, 5) is 8.80. The first-order chi connectivity index (χ1) is 9.30. The van der Waals surface area contributed by atoms with Crippen LogP contribution in [0.3, 0.4) is 0 Å². The van der Waals surface area contributed by atoms with E-state index in [0.29, 0.717) is 32.2 Å². The van der Waals surface area contributed by atoms with Crippen LogP contribution in [0.5, 0.6) is 5.88 Å². The summed E-state index contributed by atoms with van der Waals surface area (Å²) in [6.07, 6.45) is 1.83. The van der Waals surface area contributed by atoms with Crippen LogP contribution in [0.15, 0.2) is 6.07 Å². The van der Waals surface area contributed by atoms with Crippen molar-refractivity contribution < 1.29 is 14.2 Å². The summed E-state index contributed by atoms with van der Waals surface area (Å²) in [5.74, 6) is 2.13. The Morgan fingerprint density at radius 1 is 1.11 bits per heavy atom. The number of hydrogen-bond acceptors (Lipinski definition) is 6. The molecule has 0 aliphatic carbocycles. The van der Waals surface area contributed by atoms with E-state index in [1.807, 2.05) is 0 Å². The number of aromatic nitrogens is 2. The summed E-state index contributed by atoms with van der Waals surface area (Å²) in [6.45, 7) is 4.46. The van der Waals surface area contributed by atoms with Gasteiger partial charge in [-0.25, -0.2) is 4.98 Å². The van der Waals surface area contributed by atoms with Gasteiger partial charge in [-0.15, -0.1) is 0 Å². The zero-order chi connectivity index (χ0) is 13.9. The van der Waals surface area contributed by atoms with Crippen molar-refractivity contribution in [2.45, 2.75) is 19.8 Å². The van der Waals surface area contributed by atoms with E-state index in [1.165, 1.54) is 0 Å². The third kappa shape index (κ3) is 6.35. The molecule has 108 valence electrons. The number of rotatable bonds is 10. The van der Waals surface area contributed by atoms with Gasteiger partial charge < -0.3 is 19.5 Å². The van der Waals surface area contributed by atoms with E-state index >= 15 is 0 Å². The molecule has 1 aromatic rings. The molecule has 1 rings (SSSR count). The largest absolute Gasteiger partial charge is 0.475 e. The fraction of sp³-hybridized carbons (Fsp3) is 0.692. The zero-order valence-corrected chi connectivity index (χ0v) is 11.9. The number of nitrogens with one attached hydrogen (secondary N) is 1. The standard InChI is InChI=1S/C13H23N3O3/c1-4-5-11-15-12(14-6-7-17-2)10-13(16-11)19-9-8-18-3/h10H,4-9H2,1-3H3,(H,14,15,16). The van der Waals surface area contributed by atoms with E-state index in [4.69, 9.17) is 14.2 Å². The Labute approximate surface area is 114 Å². The van der Waals surface area contributed by atoms with E-state index in [0.717, 1.165) is 24.5 Å². The third-order valence-corrected chi connectivity index (χ3v) is 2.37. The number of hydrogen-bond donors (Lipinski definition) is 1. The quantitative estimate of drug-likeness (QED) is 0.650. The van der Waals surface area contributed by atoms with Crippen molar-refractivity contribution in [2.75, 3.05) is 45.9 Å². The molecule has 6 nitrogen and oxygen atoms in total. The van der Waals surface area contributed by atoms with E-state index in [-0.39, 0.29) is 0 Å². The number of aryl methyl sites for hydroxylation is 1. The van der Waals surface area contributed by atoms with Crippen molar-refractivity contribution in [3.05, 3.63) is 11.9 Å². The normalized spacial score (nSPS) is 10.5. The van der Waals surface area contributed by atoms with Gasteiger partial charge in [-0.2, -0.15) is 4.98 Å². The highest BCUT2D eigenvalue weighted by Crippen LogP contribution is 2.14. The zero-order valence-electron chi connectivity index (χ0n) is 11.9. The fourth-order valence-electron chi connectivity index (χ4n) is 1.48. The Hall–Kier alpha value is -1.40. The summed E-state index contributed by atoms with van der Waals surface area (Å²) in [5.41, 5.74) is 0. The van der Waals surface area contributed by atoms with Crippen LogP contribution in [0.2, 0.25) is 0 Å². The fourth-order valence-corrected chi connectivity index (χ4v) is 1.48. The average Bonchev–Trinajstić information content (AvgIpc) is 2.40. The minimum Gasteiger partial charge on any atom is -0.475 e. The molecule has 0 fully saturated rings. The molecule has 1 aromatic heterocycles. The van der Waals surface area contributed by atoms with Gasteiger partial charge in [0.05, 0.1) is 13.2 Å². The molecule has 0 saturated heterocycles. The molecule has 0 aromatic carbocycles. The molecule has 0 unspecified atom stereocenters. The predicted molar refractivity (Wildman–Crippen MR) is 73.8 cm³/mol. The number of nitrogens with zero attached hydrogens (tertiary/aromatic N) is 2. The summed E-state index contributed by atoms with van der Waals surface area (Å²) < 4.78 is 15.5.